The van der Waals surface area contributed by atoms with Gasteiger partial charge in [0, 0.05) is 0 Å². The van der Waals surface area contributed by atoms with Crippen molar-refractivity contribution in [1.29, 1.82) is 0 Å². The first-order valence-electron chi connectivity index (χ1n) is 3.89. The fraction of sp³-hybridized carbons (Fsp3) is 0.750. The maximum absolute atomic E-state index is 12.2. The molecule has 0 aromatic carbocycles. The first kappa shape index (κ1) is 10.3. The third-order valence-electron chi connectivity index (χ3n) is 1.98. The van der Waals surface area contributed by atoms with E-state index in [1.54, 1.807) is 6.08 Å². The van der Waals surface area contributed by atoms with Crippen molar-refractivity contribution in [3.8, 4) is 0 Å². The minimum absolute atomic E-state index is 0.306. The van der Waals surface area contributed by atoms with Gasteiger partial charge >= 0.3 is 6.18 Å². The largest absolute Gasteiger partial charge is 0.401 e. The molecule has 4 heteroatoms. The van der Waals surface area contributed by atoms with Crippen LogP contribution in [0.25, 0.3) is 0 Å². The molecular formula is C8H10F3I. The summed E-state index contributed by atoms with van der Waals surface area (Å²) in [6.07, 6.45) is 1.99. The predicted molar refractivity (Wildman–Crippen MR) is 50.3 cm³/mol. The van der Waals surface area contributed by atoms with Crippen molar-refractivity contribution in [3.05, 3.63) is 12.2 Å². The molecule has 2 atom stereocenters. The summed E-state index contributed by atoms with van der Waals surface area (Å²) in [4.78, 5) is 0. The Labute approximate surface area is 83.4 Å². The van der Waals surface area contributed by atoms with Crippen molar-refractivity contribution in [2.45, 2.75) is 29.4 Å². The zero-order valence-electron chi connectivity index (χ0n) is 6.44. The lowest BCUT2D eigenvalue weighted by Gasteiger charge is -2.23. The maximum atomic E-state index is 12.2. The van der Waals surface area contributed by atoms with Crippen LogP contribution in [0.4, 0.5) is 13.2 Å². The summed E-state index contributed by atoms with van der Waals surface area (Å²) < 4.78 is 35.4. The summed E-state index contributed by atoms with van der Waals surface area (Å²) in [6.45, 7) is 0. The summed E-state index contributed by atoms with van der Waals surface area (Å²) in [7, 11) is 0. The van der Waals surface area contributed by atoms with Crippen LogP contribution in [0, 0.1) is 5.92 Å². The van der Waals surface area contributed by atoms with E-state index >= 15 is 0 Å². The molecule has 0 fully saturated rings. The molecule has 1 unspecified atom stereocenters. The lowest BCUT2D eigenvalue weighted by atomic mass is 9.93. The molecule has 0 N–H and O–H groups in total. The van der Waals surface area contributed by atoms with E-state index in [1.165, 1.54) is 22.6 Å². The topological polar surface area (TPSA) is 0 Å². The summed E-state index contributed by atoms with van der Waals surface area (Å²) in [6, 6.07) is 0. The molecule has 70 valence electrons. The molecule has 0 saturated heterocycles. The first-order valence-corrected chi connectivity index (χ1v) is 5.14. The Balaban J connectivity index is 2.57. The van der Waals surface area contributed by atoms with Crippen LogP contribution in [0.2, 0.25) is 0 Å². The average Bonchev–Trinajstić information content (AvgIpc) is 2.03. The highest BCUT2D eigenvalue weighted by atomic mass is 127. The van der Waals surface area contributed by atoms with E-state index in [-0.39, 0.29) is 5.92 Å². The fourth-order valence-electron chi connectivity index (χ4n) is 1.33. The predicted octanol–water partition coefficient (Wildman–Crippen LogP) is 3.71. The molecule has 0 heterocycles. The second-order valence-electron chi connectivity index (χ2n) is 2.97. The van der Waals surface area contributed by atoms with Gasteiger partial charge in [-0.3, -0.25) is 0 Å². The van der Waals surface area contributed by atoms with Crippen molar-refractivity contribution in [1.82, 2.24) is 0 Å². The Morgan fingerprint density at radius 1 is 1.42 bits per heavy atom. The van der Waals surface area contributed by atoms with Crippen molar-refractivity contribution < 1.29 is 13.2 Å². The molecule has 0 saturated carbocycles. The highest BCUT2D eigenvalue weighted by Crippen LogP contribution is 2.36. The van der Waals surface area contributed by atoms with Gasteiger partial charge in [-0.1, -0.05) is 34.7 Å². The molecule has 0 bridgehead atoms. The molecule has 1 aliphatic rings. The van der Waals surface area contributed by atoms with Gasteiger partial charge < -0.3 is 0 Å². The van der Waals surface area contributed by atoms with Gasteiger partial charge in [-0.05, 0) is 25.2 Å². The zero-order chi connectivity index (χ0) is 9.19. The van der Waals surface area contributed by atoms with Gasteiger partial charge in [-0.15, -0.1) is 0 Å². The van der Waals surface area contributed by atoms with Gasteiger partial charge in [0.15, 0.2) is 0 Å². The van der Waals surface area contributed by atoms with Crippen molar-refractivity contribution in [2.24, 2.45) is 5.92 Å². The molecule has 0 aromatic heterocycles. The standard InChI is InChI=1S/C8H10F3I/c9-8(10,11)7(12)6-4-2-1-3-5-6/h2,4,6-7H,1,3,5H2/t6?,7-/m0/s1. The number of rotatable bonds is 1. The zero-order valence-corrected chi connectivity index (χ0v) is 8.60. The quantitative estimate of drug-likeness (QED) is 0.392. The molecule has 0 radical (unpaired) electrons. The summed E-state index contributed by atoms with van der Waals surface area (Å²) in [5.41, 5.74) is 0. The van der Waals surface area contributed by atoms with E-state index in [2.05, 4.69) is 0 Å². The Kier molecular flexibility index (Phi) is 3.43. The van der Waals surface area contributed by atoms with E-state index in [0.29, 0.717) is 6.42 Å². The molecule has 0 spiro atoms. The Morgan fingerprint density at radius 2 is 2.08 bits per heavy atom. The molecular weight excluding hydrogens is 280 g/mol. The summed E-state index contributed by atoms with van der Waals surface area (Å²) in [5.74, 6) is -0.306. The third-order valence-corrected chi connectivity index (χ3v) is 3.61. The smallest absolute Gasteiger partial charge is 0.170 e. The SMILES string of the molecule is FC(F)(F)[C@@H](I)C1C=CCCC1. The number of alkyl halides is 4. The molecule has 12 heavy (non-hydrogen) atoms. The molecule has 0 amide bonds. The molecule has 0 nitrogen and oxygen atoms in total. The van der Waals surface area contributed by atoms with E-state index in [9.17, 15) is 13.2 Å². The highest BCUT2D eigenvalue weighted by molar-refractivity contribution is 14.1. The average molecular weight is 290 g/mol. The van der Waals surface area contributed by atoms with Crippen molar-refractivity contribution in [3.63, 3.8) is 0 Å². The van der Waals surface area contributed by atoms with Crippen LogP contribution in [-0.4, -0.2) is 10.1 Å². The normalized spacial score (nSPS) is 27.2. The second-order valence-corrected chi connectivity index (χ2v) is 4.31. The number of allylic oxidation sites excluding steroid dienone is 2. The minimum Gasteiger partial charge on any atom is -0.170 e. The van der Waals surface area contributed by atoms with Gasteiger partial charge in [0.25, 0.3) is 0 Å². The Morgan fingerprint density at radius 3 is 2.50 bits per heavy atom. The maximum Gasteiger partial charge on any atom is 0.401 e. The van der Waals surface area contributed by atoms with Gasteiger partial charge in [-0.2, -0.15) is 13.2 Å². The number of hydrogen-bond acceptors (Lipinski definition) is 0. The van der Waals surface area contributed by atoms with E-state index in [1.807, 2.05) is 6.08 Å². The van der Waals surface area contributed by atoms with E-state index in [0.717, 1.165) is 12.8 Å². The Bertz CT molecular complexity index is 174. The van der Waals surface area contributed by atoms with Crippen molar-refractivity contribution in [2.75, 3.05) is 0 Å². The Hall–Kier alpha value is 0.260. The van der Waals surface area contributed by atoms with Crippen LogP contribution < -0.4 is 0 Å². The number of halogens is 4. The lowest BCUT2D eigenvalue weighted by Crippen LogP contribution is -2.30. The molecule has 0 aromatic rings. The first-order chi connectivity index (χ1) is 5.52. The fourth-order valence-corrected chi connectivity index (χ4v) is 1.92. The minimum atomic E-state index is -4.05. The molecule has 1 aliphatic carbocycles. The van der Waals surface area contributed by atoms with Gasteiger partial charge in [0.05, 0.1) is 0 Å². The van der Waals surface area contributed by atoms with Crippen LogP contribution >= 0.6 is 22.6 Å². The van der Waals surface area contributed by atoms with Crippen LogP contribution in [0.1, 0.15) is 19.3 Å². The lowest BCUT2D eigenvalue weighted by molar-refractivity contribution is -0.131. The van der Waals surface area contributed by atoms with Crippen LogP contribution in [0.15, 0.2) is 12.2 Å². The van der Waals surface area contributed by atoms with Gasteiger partial charge in [0.1, 0.15) is 3.92 Å². The van der Waals surface area contributed by atoms with Crippen molar-refractivity contribution >= 4 is 22.6 Å². The molecule has 1 rings (SSSR count). The van der Waals surface area contributed by atoms with E-state index in [4.69, 9.17) is 0 Å². The third kappa shape index (κ3) is 2.64. The summed E-state index contributed by atoms with van der Waals surface area (Å²) >= 11 is 1.49. The highest BCUT2D eigenvalue weighted by Gasteiger charge is 2.41. The second kappa shape index (κ2) is 3.98. The van der Waals surface area contributed by atoms with Crippen LogP contribution in [0.3, 0.4) is 0 Å². The van der Waals surface area contributed by atoms with E-state index < -0.39 is 10.1 Å². The number of hydrogen-bond donors (Lipinski definition) is 0. The van der Waals surface area contributed by atoms with Crippen LogP contribution in [-0.2, 0) is 0 Å². The van der Waals surface area contributed by atoms with Gasteiger partial charge in [0.2, 0.25) is 0 Å². The molecule has 0 aliphatic heterocycles. The monoisotopic (exact) mass is 290 g/mol. The van der Waals surface area contributed by atoms with Gasteiger partial charge in [-0.25, -0.2) is 0 Å². The summed E-state index contributed by atoms with van der Waals surface area (Å²) in [5, 5.41) is 0. The van der Waals surface area contributed by atoms with Crippen LogP contribution in [0.5, 0.6) is 0 Å².